The van der Waals surface area contributed by atoms with Crippen molar-refractivity contribution in [1.29, 1.82) is 0 Å². The number of hydrogen-bond donors (Lipinski definition) is 2. The fourth-order valence-corrected chi connectivity index (χ4v) is 3.97. The van der Waals surface area contributed by atoms with Gasteiger partial charge in [-0.3, -0.25) is 9.52 Å². The smallest absolute Gasteiger partial charge is 0.261 e. The summed E-state index contributed by atoms with van der Waals surface area (Å²) in [6.45, 7) is 3.23. The van der Waals surface area contributed by atoms with Crippen LogP contribution in [-0.2, 0) is 10.0 Å². The highest BCUT2D eigenvalue weighted by Crippen LogP contribution is 2.21. The normalized spacial score (nSPS) is 12.3. The molecular formula is C22H19F3N2O3S. The first-order chi connectivity index (χ1) is 14.6. The van der Waals surface area contributed by atoms with Crippen molar-refractivity contribution in [2.45, 2.75) is 24.8 Å². The molecule has 0 fully saturated rings. The van der Waals surface area contributed by atoms with Crippen LogP contribution in [0.15, 0.2) is 65.6 Å². The highest BCUT2D eigenvalue weighted by atomic mass is 32.2. The van der Waals surface area contributed by atoms with E-state index in [4.69, 9.17) is 0 Å². The maximum atomic E-state index is 13.5. The molecule has 2 N–H and O–H groups in total. The second kappa shape index (κ2) is 8.81. The lowest BCUT2D eigenvalue weighted by Gasteiger charge is -2.16. The van der Waals surface area contributed by atoms with Crippen LogP contribution in [0.4, 0.5) is 18.9 Å². The Labute approximate surface area is 178 Å². The number of halogens is 3. The molecule has 31 heavy (non-hydrogen) atoms. The van der Waals surface area contributed by atoms with Crippen LogP contribution in [0.3, 0.4) is 0 Å². The van der Waals surface area contributed by atoms with Crippen LogP contribution in [-0.4, -0.2) is 14.3 Å². The Morgan fingerprint density at radius 3 is 2.23 bits per heavy atom. The molecule has 0 saturated heterocycles. The third-order valence-electron chi connectivity index (χ3n) is 4.65. The van der Waals surface area contributed by atoms with Crippen LogP contribution in [0, 0.1) is 24.4 Å². The van der Waals surface area contributed by atoms with Gasteiger partial charge in [-0.05, 0) is 73.5 Å². The van der Waals surface area contributed by atoms with Gasteiger partial charge in [0.05, 0.1) is 10.9 Å². The van der Waals surface area contributed by atoms with Crippen molar-refractivity contribution in [3.63, 3.8) is 0 Å². The first-order valence-corrected chi connectivity index (χ1v) is 10.7. The summed E-state index contributed by atoms with van der Waals surface area (Å²) in [6.07, 6.45) is 0. The Morgan fingerprint density at radius 1 is 0.903 bits per heavy atom. The van der Waals surface area contributed by atoms with Gasteiger partial charge in [-0.1, -0.05) is 12.1 Å². The van der Waals surface area contributed by atoms with Gasteiger partial charge in [0, 0.05) is 11.3 Å². The lowest BCUT2D eigenvalue weighted by atomic mass is 10.1. The van der Waals surface area contributed by atoms with Crippen LogP contribution in [0.5, 0.6) is 0 Å². The lowest BCUT2D eigenvalue weighted by Crippen LogP contribution is -2.27. The van der Waals surface area contributed by atoms with Gasteiger partial charge in [0.15, 0.2) is 11.6 Å². The van der Waals surface area contributed by atoms with Gasteiger partial charge in [0.25, 0.3) is 15.9 Å². The van der Waals surface area contributed by atoms with E-state index in [2.05, 4.69) is 10.0 Å². The molecule has 3 aromatic rings. The monoisotopic (exact) mass is 448 g/mol. The minimum Gasteiger partial charge on any atom is -0.346 e. The second-order valence-corrected chi connectivity index (χ2v) is 8.64. The summed E-state index contributed by atoms with van der Waals surface area (Å²) in [5, 5.41) is 2.65. The zero-order valence-electron chi connectivity index (χ0n) is 16.6. The molecule has 1 atom stereocenters. The molecule has 0 aliphatic rings. The molecule has 0 heterocycles. The molecule has 0 saturated carbocycles. The van der Waals surface area contributed by atoms with Crippen molar-refractivity contribution in [3.05, 3.63) is 94.8 Å². The van der Waals surface area contributed by atoms with E-state index in [-0.39, 0.29) is 16.1 Å². The van der Waals surface area contributed by atoms with Crippen LogP contribution in [0.25, 0.3) is 0 Å². The van der Waals surface area contributed by atoms with Crippen LogP contribution in [0.1, 0.15) is 34.5 Å². The Hall–Kier alpha value is -3.33. The zero-order chi connectivity index (χ0) is 22.8. The van der Waals surface area contributed by atoms with Crippen molar-refractivity contribution < 1.29 is 26.4 Å². The molecule has 1 unspecified atom stereocenters. The average Bonchev–Trinajstić information content (AvgIpc) is 2.71. The quantitative estimate of drug-likeness (QED) is 0.574. The molecule has 0 aromatic heterocycles. The Bertz CT molecular complexity index is 1230. The van der Waals surface area contributed by atoms with Gasteiger partial charge in [-0.2, -0.15) is 0 Å². The van der Waals surface area contributed by atoms with Crippen molar-refractivity contribution in [2.75, 3.05) is 4.72 Å². The number of aryl methyl sites for hydroxylation is 1. The third-order valence-corrected chi connectivity index (χ3v) is 6.03. The summed E-state index contributed by atoms with van der Waals surface area (Å²) in [5.41, 5.74) is 1.15. The zero-order valence-corrected chi connectivity index (χ0v) is 17.4. The first-order valence-electron chi connectivity index (χ1n) is 9.21. The van der Waals surface area contributed by atoms with Gasteiger partial charge >= 0.3 is 0 Å². The number of anilines is 1. The van der Waals surface area contributed by atoms with E-state index in [1.54, 1.807) is 13.8 Å². The van der Waals surface area contributed by atoms with Crippen LogP contribution in [0.2, 0.25) is 0 Å². The summed E-state index contributed by atoms with van der Waals surface area (Å²) < 4.78 is 67.3. The Kier molecular flexibility index (Phi) is 6.35. The Morgan fingerprint density at radius 2 is 1.58 bits per heavy atom. The molecular weight excluding hydrogens is 429 g/mol. The molecule has 0 radical (unpaired) electrons. The van der Waals surface area contributed by atoms with Gasteiger partial charge < -0.3 is 5.32 Å². The highest BCUT2D eigenvalue weighted by Gasteiger charge is 2.20. The van der Waals surface area contributed by atoms with Gasteiger partial charge in [-0.25, -0.2) is 21.6 Å². The molecule has 3 rings (SSSR count). The number of benzene rings is 3. The van der Waals surface area contributed by atoms with E-state index in [0.29, 0.717) is 11.1 Å². The number of sulfonamides is 1. The second-order valence-electron chi connectivity index (χ2n) is 6.96. The van der Waals surface area contributed by atoms with E-state index in [0.717, 1.165) is 24.3 Å². The number of carbonyl (C=O) groups is 1. The van der Waals surface area contributed by atoms with Gasteiger partial charge in [0.2, 0.25) is 0 Å². The van der Waals surface area contributed by atoms with E-state index in [1.807, 2.05) is 0 Å². The van der Waals surface area contributed by atoms with E-state index in [1.165, 1.54) is 36.4 Å². The number of amides is 1. The minimum absolute atomic E-state index is 0.108. The minimum atomic E-state index is -4.03. The summed E-state index contributed by atoms with van der Waals surface area (Å²) >= 11 is 0. The molecule has 0 spiro atoms. The molecule has 0 aliphatic carbocycles. The fourth-order valence-electron chi connectivity index (χ4n) is 2.88. The van der Waals surface area contributed by atoms with Crippen molar-refractivity contribution >= 4 is 21.6 Å². The Balaban J connectivity index is 1.83. The summed E-state index contributed by atoms with van der Waals surface area (Å²) in [6, 6.07) is 11.5. The molecule has 1 amide bonds. The predicted molar refractivity (Wildman–Crippen MR) is 111 cm³/mol. The summed E-state index contributed by atoms with van der Waals surface area (Å²) in [4.78, 5) is 12.6. The van der Waals surface area contributed by atoms with E-state index >= 15 is 0 Å². The maximum absolute atomic E-state index is 13.5. The van der Waals surface area contributed by atoms with Gasteiger partial charge in [-0.15, -0.1) is 0 Å². The SMILES string of the molecule is Cc1ccc(S(=O)(=O)Nc2ccc(F)cc2)cc1C(=O)NC(C)c1ccc(F)c(F)c1. The number of hydrogen-bond acceptors (Lipinski definition) is 3. The third kappa shape index (κ3) is 5.24. The summed E-state index contributed by atoms with van der Waals surface area (Å²) in [5.74, 6) is -3.11. The maximum Gasteiger partial charge on any atom is 0.261 e. The van der Waals surface area contributed by atoms with E-state index < -0.39 is 39.4 Å². The molecule has 5 nitrogen and oxygen atoms in total. The van der Waals surface area contributed by atoms with Crippen molar-refractivity contribution in [3.8, 4) is 0 Å². The van der Waals surface area contributed by atoms with Crippen molar-refractivity contribution in [2.24, 2.45) is 0 Å². The predicted octanol–water partition coefficient (Wildman–Crippen LogP) is 4.70. The number of nitrogens with one attached hydrogen (secondary N) is 2. The van der Waals surface area contributed by atoms with Gasteiger partial charge in [0.1, 0.15) is 5.82 Å². The van der Waals surface area contributed by atoms with Crippen LogP contribution < -0.4 is 10.0 Å². The summed E-state index contributed by atoms with van der Waals surface area (Å²) in [7, 11) is -4.03. The van der Waals surface area contributed by atoms with Crippen molar-refractivity contribution in [1.82, 2.24) is 5.32 Å². The standard InChI is InChI=1S/C22H19F3N2O3S/c1-13-3-9-18(31(29,30)27-17-7-5-16(23)6-8-17)12-19(13)22(28)26-14(2)15-4-10-20(24)21(25)11-15/h3-12,14,27H,1-2H3,(H,26,28). The molecule has 162 valence electrons. The average molecular weight is 448 g/mol. The number of carbonyl (C=O) groups excluding carboxylic acids is 1. The molecule has 0 aliphatic heterocycles. The number of rotatable bonds is 6. The lowest BCUT2D eigenvalue weighted by molar-refractivity contribution is 0.0939. The first kappa shape index (κ1) is 22.4. The largest absolute Gasteiger partial charge is 0.346 e. The molecule has 3 aromatic carbocycles. The molecule has 9 heteroatoms. The van der Waals surface area contributed by atoms with Crippen LogP contribution >= 0.6 is 0 Å². The fraction of sp³-hybridized carbons (Fsp3) is 0.136. The van der Waals surface area contributed by atoms with E-state index in [9.17, 15) is 26.4 Å². The molecule has 0 bridgehead atoms. The highest BCUT2D eigenvalue weighted by molar-refractivity contribution is 7.92. The topological polar surface area (TPSA) is 75.3 Å².